The number of hydrogen-bond donors (Lipinski definition) is 1. The Morgan fingerprint density at radius 3 is 2.43 bits per heavy atom. The zero-order chi connectivity index (χ0) is 17.0. The third-order valence-electron chi connectivity index (χ3n) is 3.81. The van der Waals surface area contributed by atoms with E-state index in [1.54, 1.807) is 13.8 Å². The van der Waals surface area contributed by atoms with Gasteiger partial charge in [0.25, 0.3) is 5.56 Å². The lowest BCUT2D eigenvalue weighted by atomic mass is 10.0. The SMILES string of the molecule is CCOC(=O)c1c(O)c(Cc2ccccc2)c(=O)n(CC)c1C. The van der Waals surface area contributed by atoms with Crippen molar-refractivity contribution in [3.8, 4) is 5.75 Å². The highest BCUT2D eigenvalue weighted by Gasteiger charge is 2.24. The maximum atomic E-state index is 12.6. The number of nitrogens with zero attached hydrogens (tertiary/aromatic N) is 1. The molecule has 0 fully saturated rings. The Kier molecular flexibility index (Phi) is 5.21. The molecule has 0 radical (unpaired) electrons. The second-order valence-corrected chi connectivity index (χ2v) is 5.22. The molecule has 23 heavy (non-hydrogen) atoms. The van der Waals surface area contributed by atoms with E-state index in [1.165, 1.54) is 4.57 Å². The summed E-state index contributed by atoms with van der Waals surface area (Å²) >= 11 is 0. The molecule has 122 valence electrons. The number of carbonyl (C=O) groups excluding carboxylic acids is 1. The van der Waals surface area contributed by atoms with Crippen LogP contribution in [0, 0.1) is 6.92 Å². The first-order valence-electron chi connectivity index (χ1n) is 7.67. The van der Waals surface area contributed by atoms with Crippen LogP contribution in [-0.2, 0) is 17.7 Å². The van der Waals surface area contributed by atoms with Gasteiger partial charge in [-0.05, 0) is 26.3 Å². The normalized spacial score (nSPS) is 10.6. The molecule has 0 aliphatic rings. The van der Waals surface area contributed by atoms with Crippen molar-refractivity contribution < 1.29 is 14.6 Å². The number of carbonyl (C=O) groups is 1. The van der Waals surface area contributed by atoms with Gasteiger partial charge in [0.1, 0.15) is 11.3 Å². The molecule has 0 unspecified atom stereocenters. The fourth-order valence-corrected chi connectivity index (χ4v) is 2.66. The number of esters is 1. The molecule has 1 aromatic carbocycles. The van der Waals surface area contributed by atoms with Crippen LogP contribution in [0.2, 0.25) is 0 Å². The Bertz CT molecular complexity index is 763. The lowest BCUT2D eigenvalue weighted by Gasteiger charge is -2.17. The van der Waals surface area contributed by atoms with Crippen molar-refractivity contribution in [3.63, 3.8) is 0 Å². The summed E-state index contributed by atoms with van der Waals surface area (Å²) in [6.07, 6.45) is 0.262. The minimum absolute atomic E-state index is 0.0687. The number of aromatic hydroxyl groups is 1. The molecule has 5 heteroatoms. The first kappa shape index (κ1) is 16.8. The number of rotatable bonds is 5. The van der Waals surface area contributed by atoms with Gasteiger partial charge in [-0.1, -0.05) is 30.3 Å². The quantitative estimate of drug-likeness (QED) is 0.861. The zero-order valence-electron chi connectivity index (χ0n) is 13.6. The Balaban J connectivity index is 2.64. The molecule has 1 heterocycles. The molecular weight excluding hydrogens is 294 g/mol. The molecule has 0 spiro atoms. The summed E-state index contributed by atoms with van der Waals surface area (Å²) in [4.78, 5) is 24.8. The lowest BCUT2D eigenvalue weighted by molar-refractivity contribution is 0.0520. The van der Waals surface area contributed by atoms with Gasteiger partial charge in [-0.2, -0.15) is 0 Å². The van der Waals surface area contributed by atoms with Crippen molar-refractivity contribution in [2.75, 3.05) is 6.61 Å². The Hall–Kier alpha value is -2.56. The predicted molar refractivity (Wildman–Crippen MR) is 88.0 cm³/mol. The number of pyridine rings is 1. The molecule has 1 N–H and O–H groups in total. The highest BCUT2D eigenvalue weighted by molar-refractivity contribution is 5.94. The summed E-state index contributed by atoms with van der Waals surface area (Å²) in [7, 11) is 0. The van der Waals surface area contributed by atoms with Gasteiger partial charge in [-0.25, -0.2) is 4.79 Å². The van der Waals surface area contributed by atoms with Gasteiger partial charge in [0.05, 0.1) is 12.2 Å². The number of benzene rings is 1. The second-order valence-electron chi connectivity index (χ2n) is 5.22. The molecule has 0 amide bonds. The van der Waals surface area contributed by atoms with Crippen LogP contribution < -0.4 is 5.56 Å². The highest BCUT2D eigenvalue weighted by Crippen LogP contribution is 2.26. The van der Waals surface area contributed by atoms with Gasteiger partial charge in [0, 0.05) is 18.7 Å². The van der Waals surface area contributed by atoms with Crippen molar-refractivity contribution in [2.24, 2.45) is 0 Å². The average molecular weight is 315 g/mol. The van der Waals surface area contributed by atoms with Gasteiger partial charge in [-0.3, -0.25) is 4.79 Å². The molecule has 5 nitrogen and oxygen atoms in total. The molecule has 2 rings (SSSR count). The third kappa shape index (κ3) is 3.28. The van der Waals surface area contributed by atoms with E-state index >= 15 is 0 Å². The van der Waals surface area contributed by atoms with Crippen molar-refractivity contribution >= 4 is 5.97 Å². The van der Waals surface area contributed by atoms with E-state index in [9.17, 15) is 14.7 Å². The van der Waals surface area contributed by atoms with E-state index in [0.29, 0.717) is 12.2 Å². The van der Waals surface area contributed by atoms with Crippen LogP contribution in [0.25, 0.3) is 0 Å². The summed E-state index contributed by atoms with van der Waals surface area (Å²) in [5, 5.41) is 10.5. The van der Waals surface area contributed by atoms with E-state index in [2.05, 4.69) is 0 Å². The van der Waals surface area contributed by atoms with E-state index in [-0.39, 0.29) is 35.5 Å². The van der Waals surface area contributed by atoms with Crippen LogP contribution in [0.4, 0.5) is 0 Å². The summed E-state index contributed by atoms with van der Waals surface area (Å²) in [6.45, 7) is 5.79. The standard InChI is InChI=1S/C18H21NO4/c1-4-19-12(3)15(18(22)23-5-2)16(20)14(17(19)21)11-13-9-7-6-8-10-13/h6-10,20H,4-5,11H2,1-3H3. The largest absolute Gasteiger partial charge is 0.506 e. The fourth-order valence-electron chi connectivity index (χ4n) is 2.66. The van der Waals surface area contributed by atoms with Gasteiger partial charge in [0.2, 0.25) is 0 Å². The van der Waals surface area contributed by atoms with Crippen LogP contribution >= 0.6 is 0 Å². The van der Waals surface area contributed by atoms with Gasteiger partial charge in [-0.15, -0.1) is 0 Å². The van der Waals surface area contributed by atoms with Crippen LogP contribution in [-0.4, -0.2) is 22.2 Å². The van der Waals surface area contributed by atoms with E-state index < -0.39 is 5.97 Å². The van der Waals surface area contributed by atoms with Crippen molar-refractivity contribution in [1.29, 1.82) is 0 Å². The van der Waals surface area contributed by atoms with Gasteiger partial charge in [0.15, 0.2) is 0 Å². The molecule has 0 saturated carbocycles. The minimum Gasteiger partial charge on any atom is -0.506 e. The maximum Gasteiger partial charge on any atom is 0.343 e. The predicted octanol–water partition coefficient (Wildman–Crippen LogP) is 2.65. The van der Waals surface area contributed by atoms with E-state index in [4.69, 9.17) is 4.74 Å². The van der Waals surface area contributed by atoms with Crippen LogP contribution in [0.3, 0.4) is 0 Å². The zero-order valence-corrected chi connectivity index (χ0v) is 13.6. The Morgan fingerprint density at radius 2 is 1.87 bits per heavy atom. The monoisotopic (exact) mass is 315 g/mol. The molecule has 2 aromatic rings. The molecule has 0 aliphatic carbocycles. The fraction of sp³-hybridized carbons (Fsp3) is 0.333. The van der Waals surface area contributed by atoms with Crippen LogP contribution in [0.1, 0.15) is 41.0 Å². The lowest BCUT2D eigenvalue weighted by Crippen LogP contribution is -2.28. The summed E-state index contributed by atoms with van der Waals surface area (Å²) < 4.78 is 6.51. The Morgan fingerprint density at radius 1 is 1.22 bits per heavy atom. The second kappa shape index (κ2) is 7.13. The minimum atomic E-state index is -0.612. The van der Waals surface area contributed by atoms with Crippen molar-refractivity contribution in [2.45, 2.75) is 33.7 Å². The molecule has 0 saturated heterocycles. The van der Waals surface area contributed by atoms with Crippen LogP contribution in [0.5, 0.6) is 5.75 Å². The molecule has 0 bridgehead atoms. The summed E-state index contributed by atoms with van der Waals surface area (Å²) in [5.74, 6) is -0.890. The maximum absolute atomic E-state index is 12.6. The topological polar surface area (TPSA) is 68.5 Å². The van der Waals surface area contributed by atoms with Crippen molar-refractivity contribution in [1.82, 2.24) is 4.57 Å². The first-order chi connectivity index (χ1) is 11.0. The van der Waals surface area contributed by atoms with E-state index in [1.807, 2.05) is 37.3 Å². The van der Waals surface area contributed by atoms with Crippen molar-refractivity contribution in [3.05, 3.63) is 63.1 Å². The molecule has 0 aliphatic heterocycles. The number of hydrogen-bond acceptors (Lipinski definition) is 4. The van der Waals surface area contributed by atoms with Gasteiger partial charge >= 0.3 is 5.97 Å². The van der Waals surface area contributed by atoms with E-state index in [0.717, 1.165) is 5.56 Å². The molecule has 1 aromatic heterocycles. The highest BCUT2D eigenvalue weighted by atomic mass is 16.5. The average Bonchev–Trinajstić information content (AvgIpc) is 2.53. The summed E-state index contributed by atoms with van der Waals surface area (Å²) in [6, 6.07) is 9.36. The first-order valence-corrected chi connectivity index (χ1v) is 7.67. The van der Waals surface area contributed by atoms with Crippen LogP contribution in [0.15, 0.2) is 35.1 Å². The number of aromatic nitrogens is 1. The molecular formula is C18H21NO4. The summed E-state index contributed by atoms with van der Waals surface area (Å²) in [5.41, 5.74) is 1.32. The number of ether oxygens (including phenoxy) is 1. The third-order valence-corrected chi connectivity index (χ3v) is 3.81. The Labute approximate surface area is 135 Å². The smallest absolute Gasteiger partial charge is 0.343 e. The van der Waals surface area contributed by atoms with Gasteiger partial charge < -0.3 is 14.4 Å². The molecule has 0 atom stereocenters.